The van der Waals surface area contributed by atoms with Crippen LogP contribution in [0.3, 0.4) is 0 Å². The zero-order chi connectivity index (χ0) is 12.3. The largest absolute Gasteiger partial charge is 0.437 e. The van der Waals surface area contributed by atoms with Crippen molar-refractivity contribution in [2.75, 3.05) is 12.4 Å². The molecule has 0 saturated heterocycles. The molecule has 2 rings (SSSR count). The normalized spacial score (nSPS) is 10.1. The lowest BCUT2D eigenvalue weighted by atomic mass is 10.3. The number of aromatic nitrogens is 2. The highest BCUT2D eigenvalue weighted by molar-refractivity contribution is 6.34. The Kier molecular flexibility index (Phi) is 3.66. The van der Waals surface area contributed by atoms with Crippen LogP contribution in [-0.4, -0.2) is 17.0 Å². The molecule has 0 atom stereocenters. The van der Waals surface area contributed by atoms with Gasteiger partial charge in [0.2, 0.25) is 5.88 Å². The van der Waals surface area contributed by atoms with Gasteiger partial charge in [0.15, 0.2) is 0 Å². The summed E-state index contributed by atoms with van der Waals surface area (Å²) in [5.74, 6) is 1.52. The Morgan fingerprint density at radius 2 is 2.00 bits per heavy atom. The van der Waals surface area contributed by atoms with Gasteiger partial charge in [0.1, 0.15) is 17.9 Å². The molecule has 0 spiro atoms. The lowest BCUT2D eigenvalue weighted by Gasteiger charge is -2.07. The van der Waals surface area contributed by atoms with E-state index in [1.54, 1.807) is 31.3 Å². The van der Waals surface area contributed by atoms with Crippen molar-refractivity contribution in [2.24, 2.45) is 0 Å². The number of hydrogen-bond donors (Lipinski definition) is 1. The fourth-order valence-electron chi connectivity index (χ4n) is 1.20. The van der Waals surface area contributed by atoms with Crippen molar-refractivity contribution in [1.82, 2.24) is 9.97 Å². The highest BCUT2D eigenvalue weighted by Gasteiger charge is 2.05. The van der Waals surface area contributed by atoms with Crippen LogP contribution < -0.4 is 10.1 Å². The maximum absolute atomic E-state index is 5.98. The molecule has 2 aromatic rings. The Labute approximate surface area is 109 Å². The molecule has 17 heavy (non-hydrogen) atoms. The van der Waals surface area contributed by atoms with Gasteiger partial charge in [-0.3, -0.25) is 0 Å². The predicted octanol–water partition coefficient (Wildman–Crippen LogP) is 3.62. The molecule has 0 aliphatic carbocycles. The summed E-state index contributed by atoms with van der Waals surface area (Å²) in [4.78, 5) is 7.96. The van der Waals surface area contributed by atoms with Crippen molar-refractivity contribution < 1.29 is 4.74 Å². The van der Waals surface area contributed by atoms with Crippen LogP contribution in [0.15, 0.2) is 30.6 Å². The lowest BCUT2D eigenvalue weighted by molar-refractivity contribution is 0.462. The summed E-state index contributed by atoms with van der Waals surface area (Å²) < 4.78 is 5.52. The highest BCUT2D eigenvalue weighted by atomic mass is 35.5. The van der Waals surface area contributed by atoms with Crippen molar-refractivity contribution in [3.05, 3.63) is 40.6 Å². The maximum Gasteiger partial charge on any atom is 0.224 e. The number of nitrogens with zero attached hydrogens (tertiary/aromatic N) is 2. The number of nitrogens with one attached hydrogen (secondary N) is 1. The van der Waals surface area contributed by atoms with E-state index in [0.717, 1.165) is 0 Å². The molecule has 1 N–H and O–H groups in total. The van der Waals surface area contributed by atoms with Crippen LogP contribution in [0, 0.1) is 0 Å². The van der Waals surface area contributed by atoms with Crippen molar-refractivity contribution >= 4 is 29.0 Å². The van der Waals surface area contributed by atoms with E-state index < -0.39 is 0 Å². The molecule has 88 valence electrons. The molecule has 0 amide bonds. The molecule has 6 heteroatoms. The maximum atomic E-state index is 5.98. The average molecular weight is 270 g/mol. The SMILES string of the molecule is CNc1cc(Oc2cc(Cl)ccc2Cl)ncn1. The zero-order valence-corrected chi connectivity index (χ0v) is 10.5. The summed E-state index contributed by atoms with van der Waals surface area (Å²) in [6.07, 6.45) is 1.40. The number of rotatable bonds is 3. The van der Waals surface area contributed by atoms with Gasteiger partial charge in [0.25, 0.3) is 0 Å². The summed E-state index contributed by atoms with van der Waals surface area (Å²) in [5, 5.41) is 3.91. The predicted molar refractivity (Wildman–Crippen MR) is 68.1 cm³/mol. The van der Waals surface area contributed by atoms with Gasteiger partial charge in [0, 0.05) is 24.2 Å². The topological polar surface area (TPSA) is 47.0 Å². The second kappa shape index (κ2) is 5.21. The molecule has 0 radical (unpaired) electrons. The third kappa shape index (κ3) is 2.99. The lowest BCUT2D eigenvalue weighted by Crippen LogP contribution is -1.95. The molecule has 4 nitrogen and oxygen atoms in total. The number of hydrogen-bond acceptors (Lipinski definition) is 4. The summed E-state index contributed by atoms with van der Waals surface area (Å²) in [6, 6.07) is 6.65. The summed E-state index contributed by atoms with van der Waals surface area (Å²) in [7, 11) is 1.76. The standard InChI is InChI=1S/C11H9Cl2N3O/c1-14-10-5-11(16-6-15-10)17-9-4-7(12)2-3-8(9)13/h2-6H,1H3,(H,14,15,16). The summed E-state index contributed by atoms with van der Waals surface area (Å²) in [5.41, 5.74) is 0. The second-order valence-corrected chi connectivity index (χ2v) is 4.01. The number of halogens is 2. The van der Waals surface area contributed by atoms with Crippen molar-refractivity contribution in [3.63, 3.8) is 0 Å². The molecule has 1 heterocycles. The van der Waals surface area contributed by atoms with Crippen LogP contribution in [0.25, 0.3) is 0 Å². The Balaban J connectivity index is 2.27. The average Bonchev–Trinajstić information content (AvgIpc) is 2.34. The molecule has 1 aromatic carbocycles. The fourth-order valence-corrected chi connectivity index (χ4v) is 1.52. The monoisotopic (exact) mass is 269 g/mol. The first-order chi connectivity index (χ1) is 8.19. The molecule has 0 aliphatic rings. The van der Waals surface area contributed by atoms with Crippen LogP contribution in [0.1, 0.15) is 0 Å². The molecule has 0 fully saturated rings. The van der Waals surface area contributed by atoms with E-state index in [0.29, 0.717) is 27.5 Å². The van der Waals surface area contributed by atoms with Crippen molar-refractivity contribution in [1.29, 1.82) is 0 Å². The van der Waals surface area contributed by atoms with Gasteiger partial charge in [0.05, 0.1) is 5.02 Å². The van der Waals surface area contributed by atoms with Crippen molar-refractivity contribution in [2.45, 2.75) is 0 Å². The van der Waals surface area contributed by atoms with E-state index in [9.17, 15) is 0 Å². The first kappa shape index (κ1) is 12.0. The van der Waals surface area contributed by atoms with Gasteiger partial charge in [-0.2, -0.15) is 0 Å². The van der Waals surface area contributed by atoms with Gasteiger partial charge < -0.3 is 10.1 Å². The molecular formula is C11H9Cl2N3O. The van der Waals surface area contributed by atoms with Crippen molar-refractivity contribution in [3.8, 4) is 11.6 Å². The molecular weight excluding hydrogens is 261 g/mol. The first-order valence-electron chi connectivity index (χ1n) is 4.82. The minimum Gasteiger partial charge on any atom is -0.437 e. The quantitative estimate of drug-likeness (QED) is 0.925. The van der Waals surface area contributed by atoms with E-state index in [4.69, 9.17) is 27.9 Å². The van der Waals surface area contributed by atoms with Gasteiger partial charge in [-0.05, 0) is 12.1 Å². The first-order valence-corrected chi connectivity index (χ1v) is 5.57. The second-order valence-electron chi connectivity index (χ2n) is 3.17. The number of benzene rings is 1. The van der Waals surface area contributed by atoms with E-state index in [-0.39, 0.29) is 0 Å². The van der Waals surface area contributed by atoms with Crippen LogP contribution in [0.4, 0.5) is 5.82 Å². The molecule has 0 unspecified atom stereocenters. The van der Waals surface area contributed by atoms with Gasteiger partial charge in [-0.15, -0.1) is 0 Å². The summed E-state index contributed by atoms with van der Waals surface area (Å²) in [6.45, 7) is 0. The Hall–Kier alpha value is -1.52. The Morgan fingerprint density at radius 3 is 2.76 bits per heavy atom. The van der Waals surface area contributed by atoms with E-state index in [2.05, 4.69) is 15.3 Å². The van der Waals surface area contributed by atoms with Gasteiger partial charge in [-0.25, -0.2) is 9.97 Å². The summed E-state index contributed by atoms with van der Waals surface area (Å²) >= 11 is 11.8. The van der Waals surface area contributed by atoms with E-state index in [1.807, 2.05) is 0 Å². The zero-order valence-electron chi connectivity index (χ0n) is 8.95. The fraction of sp³-hybridized carbons (Fsp3) is 0.0909. The van der Waals surface area contributed by atoms with Crippen LogP contribution in [0.2, 0.25) is 10.0 Å². The smallest absolute Gasteiger partial charge is 0.224 e. The molecule has 0 aliphatic heterocycles. The van der Waals surface area contributed by atoms with Crippen LogP contribution in [0.5, 0.6) is 11.6 Å². The number of ether oxygens (including phenoxy) is 1. The highest BCUT2D eigenvalue weighted by Crippen LogP contribution is 2.31. The number of anilines is 1. The van der Waals surface area contributed by atoms with Gasteiger partial charge >= 0.3 is 0 Å². The molecule has 1 aromatic heterocycles. The van der Waals surface area contributed by atoms with Gasteiger partial charge in [-0.1, -0.05) is 23.2 Å². The third-order valence-electron chi connectivity index (χ3n) is 2.01. The Morgan fingerprint density at radius 1 is 1.18 bits per heavy atom. The van der Waals surface area contributed by atoms with E-state index >= 15 is 0 Å². The minimum absolute atomic E-state index is 0.397. The van der Waals surface area contributed by atoms with Crippen LogP contribution in [-0.2, 0) is 0 Å². The molecule has 0 saturated carbocycles. The van der Waals surface area contributed by atoms with Crippen LogP contribution >= 0.6 is 23.2 Å². The Bertz CT molecular complexity index is 534. The van der Waals surface area contributed by atoms with E-state index in [1.165, 1.54) is 6.33 Å². The minimum atomic E-state index is 0.397. The molecule has 0 bridgehead atoms. The third-order valence-corrected chi connectivity index (χ3v) is 2.55.